The van der Waals surface area contributed by atoms with Gasteiger partial charge >= 0.3 is 5.97 Å². The topological polar surface area (TPSA) is 66.4 Å². The van der Waals surface area contributed by atoms with E-state index in [1.165, 1.54) is 6.08 Å². The quantitative estimate of drug-likeness (QED) is 0.667. The number of carbonyl (C=O) groups is 2. The Kier molecular flexibility index (Phi) is 4.34. The maximum absolute atomic E-state index is 11.5. The van der Waals surface area contributed by atoms with E-state index in [1.807, 2.05) is 20.8 Å². The number of nitrogens with one attached hydrogen (secondary N) is 1. The molecule has 4 heteroatoms. The number of allylic oxidation sites excluding steroid dienone is 2. The van der Waals surface area contributed by atoms with Gasteiger partial charge in [-0.15, -0.1) is 0 Å². The molecule has 4 nitrogen and oxygen atoms in total. The summed E-state index contributed by atoms with van der Waals surface area (Å²) in [5, 5.41) is 11.0. The first kappa shape index (κ1) is 12.7. The smallest absolute Gasteiger partial charge is 0.322 e. The van der Waals surface area contributed by atoms with Gasteiger partial charge in [0, 0.05) is 17.2 Å². The summed E-state index contributed by atoms with van der Waals surface area (Å²) < 4.78 is 0. The minimum Gasteiger partial charge on any atom is -0.480 e. The molecule has 14 heavy (non-hydrogen) atoms. The van der Waals surface area contributed by atoms with E-state index in [-0.39, 0.29) is 12.3 Å². The molecule has 0 atom stereocenters. The highest BCUT2D eigenvalue weighted by Gasteiger charge is 2.18. The van der Waals surface area contributed by atoms with Gasteiger partial charge in [-0.25, -0.2) is 0 Å². The van der Waals surface area contributed by atoms with Crippen molar-refractivity contribution in [3.05, 3.63) is 11.8 Å². The predicted molar refractivity (Wildman–Crippen MR) is 53.9 cm³/mol. The van der Waals surface area contributed by atoms with Crippen molar-refractivity contribution in [2.75, 3.05) is 6.54 Å². The van der Waals surface area contributed by atoms with Gasteiger partial charge in [-0.05, 0) is 6.92 Å². The lowest BCUT2D eigenvalue weighted by molar-refractivity contribution is -0.135. The van der Waals surface area contributed by atoms with Gasteiger partial charge in [-0.3, -0.25) is 9.59 Å². The SMILES string of the molecule is CC(=CC(=O)C(C)(C)C)NCC(=O)O. The monoisotopic (exact) mass is 199 g/mol. The predicted octanol–water partition coefficient (Wildman–Crippen LogP) is 1.18. The van der Waals surface area contributed by atoms with Gasteiger partial charge in [-0.2, -0.15) is 0 Å². The second-order valence-corrected chi connectivity index (χ2v) is 4.19. The third kappa shape index (κ3) is 5.35. The fraction of sp³-hybridized carbons (Fsp3) is 0.600. The van der Waals surface area contributed by atoms with E-state index in [4.69, 9.17) is 5.11 Å². The van der Waals surface area contributed by atoms with Crippen LogP contribution in [0.2, 0.25) is 0 Å². The van der Waals surface area contributed by atoms with Crippen LogP contribution in [-0.2, 0) is 9.59 Å². The van der Waals surface area contributed by atoms with Gasteiger partial charge in [0.1, 0.15) is 6.54 Å². The minimum absolute atomic E-state index is 0.0205. The number of carboxylic acid groups (broad SMARTS) is 1. The lowest BCUT2D eigenvalue weighted by atomic mass is 9.90. The largest absolute Gasteiger partial charge is 0.480 e. The molecule has 2 N–H and O–H groups in total. The van der Waals surface area contributed by atoms with E-state index in [0.717, 1.165) is 0 Å². The Morgan fingerprint density at radius 2 is 1.86 bits per heavy atom. The highest BCUT2D eigenvalue weighted by atomic mass is 16.4. The number of hydrogen-bond donors (Lipinski definition) is 2. The van der Waals surface area contributed by atoms with Crippen LogP contribution in [0.25, 0.3) is 0 Å². The summed E-state index contributed by atoms with van der Waals surface area (Å²) in [5.41, 5.74) is 0.152. The maximum atomic E-state index is 11.5. The van der Waals surface area contributed by atoms with Gasteiger partial charge in [0.15, 0.2) is 5.78 Å². The molecular weight excluding hydrogens is 182 g/mol. The van der Waals surface area contributed by atoms with E-state index < -0.39 is 11.4 Å². The summed E-state index contributed by atoms with van der Waals surface area (Å²) in [4.78, 5) is 21.7. The zero-order valence-electron chi connectivity index (χ0n) is 9.05. The molecule has 0 aromatic carbocycles. The van der Waals surface area contributed by atoms with Gasteiger partial charge in [-0.1, -0.05) is 20.8 Å². The van der Waals surface area contributed by atoms with Crippen LogP contribution in [0, 0.1) is 5.41 Å². The van der Waals surface area contributed by atoms with Gasteiger partial charge < -0.3 is 10.4 Å². The van der Waals surface area contributed by atoms with Crippen LogP contribution in [0.1, 0.15) is 27.7 Å². The molecule has 0 rings (SSSR count). The molecule has 80 valence electrons. The fourth-order valence-corrected chi connectivity index (χ4v) is 0.679. The van der Waals surface area contributed by atoms with Crippen LogP contribution in [0.3, 0.4) is 0 Å². The molecule has 0 aliphatic rings. The third-order valence-corrected chi connectivity index (χ3v) is 1.61. The van der Waals surface area contributed by atoms with E-state index in [1.54, 1.807) is 6.92 Å². The van der Waals surface area contributed by atoms with Crippen LogP contribution in [0.4, 0.5) is 0 Å². The number of rotatable bonds is 4. The van der Waals surface area contributed by atoms with Crippen molar-refractivity contribution in [3.63, 3.8) is 0 Å². The molecule has 0 saturated carbocycles. The van der Waals surface area contributed by atoms with E-state index in [2.05, 4.69) is 5.32 Å². The Hall–Kier alpha value is -1.32. The van der Waals surface area contributed by atoms with Crippen molar-refractivity contribution in [1.29, 1.82) is 0 Å². The third-order valence-electron chi connectivity index (χ3n) is 1.61. The Bertz CT molecular complexity index is 261. The second-order valence-electron chi connectivity index (χ2n) is 4.19. The van der Waals surface area contributed by atoms with Crippen molar-refractivity contribution in [3.8, 4) is 0 Å². The van der Waals surface area contributed by atoms with Crippen molar-refractivity contribution >= 4 is 11.8 Å². The lowest BCUT2D eigenvalue weighted by Crippen LogP contribution is -2.23. The van der Waals surface area contributed by atoms with Crippen LogP contribution in [-0.4, -0.2) is 23.4 Å². The van der Waals surface area contributed by atoms with Crippen molar-refractivity contribution in [2.45, 2.75) is 27.7 Å². The second kappa shape index (κ2) is 4.79. The molecule has 0 unspecified atom stereocenters. The van der Waals surface area contributed by atoms with E-state index in [0.29, 0.717) is 5.70 Å². The summed E-state index contributed by atoms with van der Waals surface area (Å²) in [6, 6.07) is 0. The highest BCUT2D eigenvalue weighted by Crippen LogP contribution is 2.15. The van der Waals surface area contributed by atoms with Crippen molar-refractivity contribution in [1.82, 2.24) is 5.32 Å². The Balaban J connectivity index is 4.24. The molecule has 0 aromatic heterocycles. The zero-order chi connectivity index (χ0) is 11.4. The van der Waals surface area contributed by atoms with Crippen LogP contribution in [0.15, 0.2) is 11.8 Å². The van der Waals surface area contributed by atoms with E-state index >= 15 is 0 Å². The summed E-state index contributed by atoms with van der Waals surface area (Å²) in [6.07, 6.45) is 1.43. The Labute approximate surface area is 84.0 Å². The van der Waals surface area contributed by atoms with Crippen molar-refractivity contribution in [2.24, 2.45) is 5.41 Å². The highest BCUT2D eigenvalue weighted by molar-refractivity contribution is 5.94. The molecule has 0 amide bonds. The first-order valence-electron chi connectivity index (χ1n) is 4.42. The minimum atomic E-state index is -0.944. The molecular formula is C10H17NO3. The molecule has 0 aliphatic carbocycles. The number of carboxylic acids is 1. The Morgan fingerprint density at radius 1 is 1.36 bits per heavy atom. The first-order valence-corrected chi connectivity index (χ1v) is 4.42. The maximum Gasteiger partial charge on any atom is 0.322 e. The molecule has 0 radical (unpaired) electrons. The normalized spacial score (nSPS) is 12.4. The molecule has 0 heterocycles. The number of ketones is 1. The summed E-state index contributed by atoms with van der Waals surface area (Å²) >= 11 is 0. The molecule has 0 fully saturated rings. The van der Waals surface area contributed by atoms with Crippen LogP contribution >= 0.6 is 0 Å². The molecule has 0 saturated heterocycles. The van der Waals surface area contributed by atoms with Gasteiger partial charge in [0.05, 0.1) is 0 Å². The molecule has 0 aromatic rings. The fourth-order valence-electron chi connectivity index (χ4n) is 0.679. The first-order chi connectivity index (χ1) is 6.23. The zero-order valence-corrected chi connectivity index (χ0v) is 9.05. The van der Waals surface area contributed by atoms with Crippen LogP contribution in [0.5, 0.6) is 0 Å². The number of hydrogen-bond acceptors (Lipinski definition) is 3. The molecule has 0 aliphatic heterocycles. The standard InChI is InChI=1S/C10H17NO3/c1-7(11-6-9(13)14)5-8(12)10(2,3)4/h5,11H,6H2,1-4H3,(H,13,14). The summed E-state index contributed by atoms with van der Waals surface area (Å²) in [5.74, 6) is -0.964. The Morgan fingerprint density at radius 3 is 2.21 bits per heavy atom. The number of aliphatic carboxylic acids is 1. The van der Waals surface area contributed by atoms with Crippen molar-refractivity contribution < 1.29 is 14.7 Å². The van der Waals surface area contributed by atoms with Gasteiger partial charge in [0.25, 0.3) is 0 Å². The summed E-state index contributed by atoms with van der Waals surface area (Å²) in [6.45, 7) is 6.95. The van der Waals surface area contributed by atoms with Crippen LogP contribution < -0.4 is 5.32 Å². The number of carbonyl (C=O) groups excluding carboxylic acids is 1. The summed E-state index contributed by atoms with van der Waals surface area (Å²) in [7, 11) is 0. The average Bonchev–Trinajstić information content (AvgIpc) is 1.99. The van der Waals surface area contributed by atoms with E-state index in [9.17, 15) is 9.59 Å². The van der Waals surface area contributed by atoms with Gasteiger partial charge in [0.2, 0.25) is 0 Å². The lowest BCUT2D eigenvalue weighted by Gasteiger charge is -2.14. The average molecular weight is 199 g/mol. The molecule has 0 bridgehead atoms. The molecule has 0 spiro atoms.